The number of nitrogens with two attached hydrogens (primary N) is 1. The van der Waals surface area contributed by atoms with Gasteiger partial charge in [-0.2, -0.15) is 0 Å². The van der Waals surface area contributed by atoms with E-state index < -0.39 is 12.0 Å². The molecule has 1 unspecified atom stereocenters. The van der Waals surface area contributed by atoms with Gasteiger partial charge in [-0.1, -0.05) is 36.4 Å². The van der Waals surface area contributed by atoms with Gasteiger partial charge < -0.3 is 15.7 Å². The fourth-order valence-electron chi connectivity index (χ4n) is 2.41. The molecule has 21 heavy (non-hydrogen) atoms. The Morgan fingerprint density at radius 1 is 1.29 bits per heavy atom. The molecule has 0 saturated heterocycles. The van der Waals surface area contributed by atoms with Crippen LogP contribution in [0.4, 0.5) is 0 Å². The molecule has 0 aromatic heterocycles. The van der Waals surface area contributed by atoms with E-state index in [9.17, 15) is 14.7 Å². The maximum atomic E-state index is 12.0. The predicted octanol–water partition coefficient (Wildman–Crippen LogP) is 0.624. The van der Waals surface area contributed by atoms with Crippen LogP contribution in [0.1, 0.15) is 18.4 Å². The first kappa shape index (κ1) is 15.3. The molecule has 0 bridgehead atoms. The normalized spacial score (nSPS) is 16.0. The zero-order valence-corrected chi connectivity index (χ0v) is 11.9. The third kappa shape index (κ3) is 3.92. The summed E-state index contributed by atoms with van der Waals surface area (Å²) in [6, 6.07) is 10.2. The number of unbranched alkanes of at least 4 members (excludes halogenated alkanes) is 1. The Morgan fingerprint density at radius 3 is 2.67 bits per heavy atom. The molecule has 1 atom stereocenters. The fraction of sp³-hybridized carbons (Fsp3) is 0.375. The van der Waals surface area contributed by atoms with Gasteiger partial charge in [-0.25, -0.2) is 0 Å². The summed E-state index contributed by atoms with van der Waals surface area (Å²) in [6.07, 6.45) is 2.93. The van der Waals surface area contributed by atoms with Crippen molar-refractivity contribution in [2.45, 2.75) is 25.4 Å². The highest BCUT2D eigenvalue weighted by atomic mass is 16.3. The van der Waals surface area contributed by atoms with Crippen LogP contribution in [-0.4, -0.2) is 41.0 Å². The maximum Gasteiger partial charge on any atom is 0.252 e. The molecule has 0 aliphatic carbocycles. The lowest BCUT2D eigenvalue weighted by molar-refractivity contribution is -0.131. The Kier molecular flexibility index (Phi) is 5.11. The van der Waals surface area contributed by atoms with Crippen LogP contribution in [-0.2, 0) is 16.0 Å². The second-order valence-electron chi connectivity index (χ2n) is 5.16. The first-order valence-electron chi connectivity index (χ1n) is 7.10. The second-order valence-corrected chi connectivity index (χ2v) is 5.16. The molecule has 0 spiro atoms. The van der Waals surface area contributed by atoms with E-state index in [1.807, 2.05) is 18.2 Å². The van der Waals surface area contributed by atoms with Crippen LogP contribution < -0.4 is 5.73 Å². The average molecular weight is 288 g/mol. The first-order chi connectivity index (χ1) is 10.1. The number of rotatable bonds is 7. The van der Waals surface area contributed by atoms with Gasteiger partial charge in [0, 0.05) is 13.1 Å². The maximum absolute atomic E-state index is 12.0. The Hall–Kier alpha value is -2.14. The minimum absolute atomic E-state index is 0.102. The molecule has 0 fully saturated rings. The van der Waals surface area contributed by atoms with Crippen molar-refractivity contribution in [3.8, 4) is 0 Å². The summed E-state index contributed by atoms with van der Waals surface area (Å²) in [4.78, 5) is 24.6. The van der Waals surface area contributed by atoms with E-state index in [2.05, 4.69) is 12.1 Å². The number of hydrogen-bond acceptors (Lipinski definition) is 3. The number of primary amides is 1. The third-order valence-corrected chi connectivity index (χ3v) is 3.62. The third-order valence-electron chi connectivity index (χ3n) is 3.62. The van der Waals surface area contributed by atoms with Gasteiger partial charge in [0.05, 0.1) is 5.57 Å². The number of hydrogen-bond donors (Lipinski definition) is 2. The topological polar surface area (TPSA) is 83.6 Å². The molecule has 2 amide bonds. The number of amides is 2. The number of aliphatic hydroxyl groups excluding tert-OH is 1. The molecule has 112 valence electrons. The molecular formula is C16H20N2O3. The van der Waals surface area contributed by atoms with E-state index in [0.717, 1.165) is 19.3 Å². The van der Waals surface area contributed by atoms with E-state index in [4.69, 9.17) is 5.73 Å². The highest BCUT2D eigenvalue weighted by Gasteiger charge is 2.30. The van der Waals surface area contributed by atoms with E-state index >= 15 is 0 Å². The van der Waals surface area contributed by atoms with Crippen LogP contribution in [0.5, 0.6) is 0 Å². The first-order valence-corrected chi connectivity index (χ1v) is 7.10. The van der Waals surface area contributed by atoms with Crippen LogP contribution in [0.15, 0.2) is 42.0 Å². The number of aryl methyl sites for hydroxylation is 1. The van der Waals surface area contributed by atoms with Crippen molar-refractivity contribution in [2.24, 2.45) is 5.73 Å². The summed E-state index contributed by atoms with van der Waals surface area (Å²) in [6.45, 7) is 1.06. The molecule has 5 heteroatoms. The molecule has 1 heterocycles. The number of carbonyl (C=O) groups excluding carboxylic acids is 2. The van der Waals surface area contributed by atoms with Crippen molar-refractivity contribution in [2.75, 3.05) is 13.1 Å². The number of benzene rings is 1. The molecule has 1 aliphatic rings. The highest BCUT2D eigenvalue weighted by Crippen LogP contribution is 2.16. The van der Waals surface area contributed by atoms with E-state index in [-0.39, 0.29) is 11.5 Å². The summed E-state index contributed by atoms with van der Waals surface area (Å²) in [5, 5.41) is 9.54. The van der Waals surface area contributed by atoms with Crippen molar-refractivity contribution >= 4 is 11.8 Å². The van der Waals surface area contributed by atoms with Crippen LogP contribution in [0.25, 0.3) is 0 Å². The summed E-state index contributed by atoms with van der Waals surface area (Å²) in [5.41, 5.74) is 6.40. The number of nitrogens with zero attached hydrogens (tertiary/aromatic N) is 1. The minimum atomic E-state index is -1.49. The summed E-state index contributed by atoms with van der Waals surface area (Å²) >= 11 is 0. The van der Waals surface area contributed by atoms with Gasteiger partial charge in [-0.3, -0.25) is 9.59 Å². The van der Waals surface area contributed by atoms with Crippen molar-refractivity contribution in [1.82, 2.24) is 4.90 Å². The summed E-state index contributed by atoms with van der Waals surface area (Å²) < 4.78 is 0. The lowest BCUT2D eigenvalue weighted by Crippen LogP contribution is -2.36. The average Bonchev–Trinajstić information content (AvgIpc) is 2.85. The standard InChI is InChI=1S/C16H20N2O3/c17-15(20)14(19)13-9-11-18(16(13)21)10-5-4-8-12-6-2-1-3-7-12/h1-3,6-7,9,14,19H,4-5,8,10-11H2,(H2,17,20). The van der Waals surface area contributed by atoms with E-state index in [1.54, 1.807) is 11.0 Å². The fourth-order valence-corrected chi connectivity index (χ4v) is 2.41. The molecule has 1 aromatic carbocycles. The van der Waals surface area contributed by atoms with Crippen LogP contribution >= 0.6 is 0 Å². The Labute approximate surface area is 124 Å². The zero-order valence-electron chi connectivity index (χ0n) is 11.9. The van der Waals surface area contributed by atoms with Crippen LogP contribution in [0.2, 0.25) is 0 Å². The van der Waals surface area contributed by atoms with Crippen LogP contribution in [0, 0.1) is 0 Å². The minimum Gasteiger partial charge on any atom is -0.378 e. The smallest absolute Gasteiger partial charge is 0.252 e. The van der Waals surface area contributed by atoms with Crippen molar-refractivity contribution in [1.29, 1.82) is 0 Å². The zero-order chi connectivity index (χ0) is 15.2. The van der Waals surface area contributed by atoms with Crippen molar-refractivity contribution in [3.63, 3.8) is 0 Å². The Morgan fingerprint density at radius 2 is 2.00 bits per heavy atom. The molecule has 1 aromatic rings. The molecule has 0 radical (unpaired) electrons. The molecule has 1 aliphatic heterocycles. The van der Waals surface area contributed by atoms with Gasteiger partial charge in [0.25, 0.3) is 11.8 Å². The van der Waals surface area contributed by atoms with Gasteiger partial charge in [0.1, 0.15) is 0 Å². The van der Waals surface area contributed by atoms with Crippen molar-refractivity contribution < 1.29 is 14.7 Å². The quantitative estimate of drug-likeness (QED) is 0.722. The van der Waals surface area contributed by atoms with Gasteiger partial charge >= 0.3 is 0 Å². The van der Waals surface area contributed by atoms with Crippen LogP contribution in [0.3, 0.4) is 0 Å². The molecule has 5 nitrogen and oxygen atoms in total. The molecule has 0 saturated carbocycles. The monoisotopic (exact) mass is 288 g/mol. The molecule has 3 N–H and O–H groups in total. The SMILES string of the molecule is NC(=O)C(O)C1=CCN(CCCCc2ccccc2)C1=O. The lowest BCUT2D eigenvalue weighted by Gasteiger charge is -2.17. The highest BCUT2D eigenvalue weighted by molar-refractivity contribution is 6.02. The van der Waals surface area contributed by atoms with Gasteiger partial charge in [-0.15, -0.1) is 0 Å². The number of aliphatic hydroxyl groups is 1. The molecular weight excluding hydrogens is 268 g/mol. The Balaban J connectivity index is 1.74. The summed E-state index contributed by atoms with van der Waals surface area (Å²) in [5.74, 6) is -1.18. The van der Waals surface area contributed by atoms with E-state index in [1.165, 1.54) is 5.56 Å². The molecule has 2 rings (SSSR count). The number of carbonyl (C=O) groups is 2. The Bertz CT molecular complexity index is 540. The predicted molar refractivity (Wildman–Crippen MR) is 79.2 cm³/mol. The second kappa shape index (κ2) is 7.04. The lowest BCUT2D eigenvalue weighted by atomic mass is 10.1. The summed E-state index contributed by atoms with van der Waals surface area (Å²) in [7, 11) is 0. The van der Waals surface area contributed by atoms with E-state index in [0.29, 0.717) is 13.1 Å². The van der Waals surface area contributed by atoms with Gasteiger partial charge in [-0.05, 0) is 24.8 Å². The largest absolute Gasteiger partial charge is 0.378 e. The van der Waals surface area contributed by atoms with Gasteiger partial charge in [0.15, 0.2) is 6.10 Å². The van der Waals surface area contributed by atoms with Gasteiger partial charge in [0.2, 0.25) is 0 Å². The van der Waals surface area contributed by atoms with Crippen molar-refractivity contribution in [3.05, 3.63) is 47.5 Å².